The standard InChI is InChI=1S/C13H22N2OS/c1-4-13(2,16-3)12-15-11(9-17-12)7-8-14-10-5-6-10/h9-10,14H,4-8H2,1-3H3. The van der Waals surface area contributed by atoms with E-state index in [4.69, 9.17) is 9.72 Å². The van der Waals surface area contributed by atoms with Gasteiger partial charge in [-0.15, -0.1) is 11.3 Å². The maximum atomic E-state index is 5.57. The van der Waals surface area contributed by atoms with Gasteiger partial charge < -0.3 is 10.1 Å². The van der Waals surface area contributed by atoms with Gasteiger partial charge in [-0.25, -0.2) is 4.98 Å². The summed E-state index contributed by atoms with van der Waals surface area (Å²) in [5, 5.41) is 6.78. The van der Waals surface area contributed by atoms with Crippen molar-refractivity contribution in [1.82, 2.24) is 10.3 Å². The Balaban J connectivity index is 1.89. The van der Waals surface area contributed by atoms with Crippen LogP contribution in [0.1, 0.15) is 43.8 Å². The first-order valence-electron chi connectivity index (χ1n) is 6.41. The molecule has 1 aliphatic carbocycles. The summed E-state index contributed by atoms with van der Waals surface area (Å²) in [7, 11) is 1.76. The minimum atomic E-state index is -0.215. The van der Waals surface area contributed by atoms with Crippen LogP contribution in [-0.4, -0.2) is 24.7 Å². The van der Waals surface area contributed by atoms with Crippen molar-refractivity contribution in [2.75, 3.05) is 13.7 Å². The number of hydrogen-bond acceptors (Lipinski definition) is 4. The molecule has 0 radical (unpaired) electrons. The normalized spacial score (nSPS) is 19.2. The Hall–Kier alpha value is -0.450. The molecule has 1 aliphatic rings. The van der Waals surface area contributed by atoms with Crippen molar-refractivity contribution in [1.29, 1.82) is 0 Å². The van der Waals surface area contributed by atoms with Gasteiger partial charge in [0.2, 0.25) is 0 Å². The Labute approximate surface area is 108 Å². The summed E-state index contributed by atoms with van der Waals surface area (Å²) < 4.78 is 5.57. The fraction of sp³-hybridized carbons (Fsp3) is 0.769. The number of hydrogen-bond donors (Lipinski definition) is 1. The summed E-state index contributed by atoms with van der Waals surface area (Å²) in [6.07, 6.45) is 4.67. The van der Waals surface area contributed by atoms with Gasteiger partial charge in [-0.1, -0.05) is 6.92 Å². The first-order chi connectivity index (χ1) is 8.18. The molecule has 0 amide bonds. The highest BCUT2D eigenvalue weighted by molar-refractivity contribution is 7.09. The molecular formula is C13H22N2OS. The highest BCUT2D eigenvalue weighted by atomic mass is 32.1. The second kappa shape index (κ2) is 5.46. The Morgan fingerprint density at radius 2 is 2.35 bits per heavy atom. The van der Waals surface area contributed by atoms with Crippen molar-refractivity contribution in [3.63, 3.8) is 0 Å². The second-order valence-corrected chi connectivity index (χ2v) is 5.77. The van der Waals surface area contributed by atoms with Crippen molar-refractivity contribution < 1.29 is 4.74 Å². The maximum Gasteiger partial charge on any atom is 0.125 e. The molecule has 0 aromatic carbocycles. The number of nitrogens with one attached hydrogen (secondary N) is 1. The number of nitrogens with zero attached hydrogens (tertiary/aromatic N) is 1. The van der Waals surface area contributed by atoms with Gasteiger partial charge >= 0.3 is 0 Å². The lowest BCUT2D eigenvalue weighted by Gasteiger charge is -2.23. The molecule has 3 nitrogen and oxygen atoms in total. The molecule has 4 heteroatoms. The van der Waals surface area contributed by atoms with Crippen molar-refractivity contribution in [2.45, 2.75) is 51.2 Å². The molecule has 1 N–H and O–H groups in total. The smallest absolute Gasteiger partial charge is 0.125 e. The highest BCUT2D eigenvalue weighted by Gasteiger charge is 2.27. The third-order valence-corrected chi connectivity index (χ3v) is 4.66. The van der Waals surface area contributed by atoms with E-state index < -0.39 is 0 Å². The molecule has 0 saturated heterocycles. The van der Waals surface area contributed by atoms with E-state index in [9.17, 15) is 0 Å². The molecule has 1 aromatic rings. The van der Waals surface area contributed by atoms with Gasteiger partial charge in [-0.3, -0.25) is 0 Å². The monoisotopic (exact) mass is 254 g/mol. The van der Waals surface area contributed by atoms with E-state index in [0.29, 0.717) is 0 Å². The van der Waals surface area contributed by atoms with E-state index in [1.165, 1.54) is 18.5 Å². The number of thiazole rings is 1. The minimum Gasteiger partial charge on any atom is -0.371 e. The lowest BCUT2D eigenvalue weighted by atomic mass is 10.1. The van der Waals surface area contributed by atoms with E-state index in [1.807, 2.05) is 0 Å². The molecule has 0 aliphatic heterocycles. The topological polar surface area (TPSA) is 34.1 Å². The zero-order valence-corrected chi connectivity index (χ0v) is 11.8. The van der Waals surface area contributed by atoms with E-state index in [2.05, 4.69) is 24.5 Å². The third-order valence-electron chi connectivity index (χ3n) is 3.52. The molecule has 1 fully saturated rings. The zero-order valence-electron chi connectivity index (χ0n) is 11.0. The van der Waals surface area contributed by atoms with Crippen LogP contribution in [0.4, 0.5) is 0 Å². The highest BCUT2D eigenvalue weighted by Crippen LogP contribution is 2.30. The first-order valence-corrected chi connectivity index (χ1v) is 7.29. The van der Waals surface area contributed by atoms with Gasteiger partial charge in [0.15, 0.2) is 0 Å². The van der Waals surface area contributed by atoms with E-state index in [0.717, 1.165) is 30.4 Å². The van der Waals surface area contributed by atoms with Crippen molar-refractivity contribution in [3.05, 3.63) is 16.1 Å². The molecular weight excluding hydrogens is 232 g/mol. The summed E-state index contributed by atoms with van der Waals surface area (Å²) in [5.41, 5.74) is 0.974. The lowest BCUT2D eigenvalue weighted by Crippen LogP contribution is -2.23. The summed E-state index contributed by atoms with van der Waals surface area (Å²) >= 11 is 1.72. The number of ether oxygens (including phenoxy) is 1. The summed E-state index contributed by atoms with van der Waals surface area (Å²) in [6.45, 7) is 5.29. The minimum absolute atomic E-state index is 0.215. The molecule has 2 rings (SSSR count). The first kappa shape index (κ1) is 13.0. The van der Waals surface area contributed by atoms with Crippen molar-refractivity contribution in [3.8, 4) is 0 Å². The molecule has 1 atom stereocenters. The van der Waals surface area contributed by atoms with Gasteiger partial charge in [0.25, 0.3) is 0 Å². The molecule has 1 unspecified atom stereocenters. The zero-order chi connectivity index (χ0) is 12.3. The number of methoxy groups -OCH3 is 1. The molecule has 1 heterocycles. The fourth-order valence-corrected chi connectivity index (χ4v) is 2.80. The Kier molecular flexibility index (Phi) is 4.17. The van der Waals surface area contributed by atoms with Crippen molar-refractivity contribution in [2.24, 2.45) is 0 Å². The van der Waals surface area contributed by atoms with E-state index >= 15 is 0 Å². The van der Waals surface area contributed by atoms with Gasteiger partial charge in [0, 0.05) is 31.5 Å². The van der Waals surface area contributed by atoms with Crippen LogP contribution in [0.3, 0.4) is 0 Å². The van der Waals surface area contributed by atoms with Gasteiger partial charge in [-0.05, 0) is 26.2 Å². The van der Waals surface area contributed by atoms with E-state index in [1.54, 1.807) is 18.4 Å². The summed E-state index contributed by atoms with van der Waals surface area (Å²) in [5.74, 6) is 0. The van der Waals surface area contributed by atoms with Crippen LogP contribution in [0.25, 0.3) is 0 Å². The maximum absolute atomic E-state index is 5.57. The van der Waals surface area contributed by atoms with Crippen LogP contribution in [0.15, 0.2) is 5.38 Å². The number of rotatable bonds is 7. The Bertz CT molecular complexity index is 356. The Morgan fingerprint density at radius 3 is 2.94 bits per heavy atom. The predicted octanol–water partition coefficient (Wildman–Crippen LogP) is 2.71. The molecule has 1 aromatic heterocycles. The second-order valence-electron chi connectivity index (χ2n) is 4.91. The summed E-state index contributed by atoms with van der Waals surface area (Å²) in [6, 6.07) is 0.785. The average molecular weight is 254 g/mol. The predicted molar refractivity (Wildman–Crippen MR) is 71.5 cm³/mol. The number of aromatic nitrogens is 1. The van der Waals surface area contributed by atoms with Gasteiger partial charge in [0.05, 0.1) is 5.69 Å². The SMILES string of the molecule is CCC(C)(OC)c1nc(CCNC2CC2)cs1. The van der Waals surface area contributed by atoms with Crippen LogP contribution in [0, 0.1) is 0 Å². The van der Waals surface area contributed by atoms with Crippen molar-refractivity contribution >= 4 is 11.3 Å². The molecule has 96 valence electrons. The van der Waals surface area contributed by atoms with Crippen LogP contribution < -0.4 is 5.32 Å². The van der Waals surface area contributed by atoms with Gasteiger partial charge in [0.1, 0.15) is 10.6 Å². The molecule has 0 spiro atoms. The van der Waals surface area contributed by atoms with Gasteiger partial charge in [-0.2, -0.15) is 0 Å². The van der Waals surface area contributed by atoms with Crippen LogP contribution in [-0.2, 0) is 16.8 Å². The van der Waals surface area contributed by atoms with Crippen LogP contribution in [0.5, 0.6) is 0 Å². The van der Waals surface area contributed by atoms with Crippen LogP contribution >= 0.6 is 11.3 Å². The third kappa shape index (κ3) is 3.27. The molecule has 1 saturated carbocycles. The quantitative estimate of drug-likeness (QED) is 0.812. The Morgan fingerprint density at radius 1 is 1.59 bits per heavy atom. The van der Waals surface area contributed by atoms with Crippen LogP contribution in [0.2, 0.25) is 0 Å². The molecule has 0 bridgehead atoms. The lowest BCUT2D eigenvalue weighted by molar-refractivity contribution is -0.00166. The largest absolute Gasteiger partial charge is 0.371 e. The average Bonchev–Trinajstić information content (AvgIpc) is 3.05. The fourth-order valence-electron chi connectivity index (χ4n) is 1.74. The van der Waals surface area contributed by atoms with E-state index in [-0.39, 0.29) is 5.60 Å². The summed E-state index contributed by atoms with van der Waals surface area (Å²) in [4.78, 5) is 4.69. The molecule has 17 heavy (non-hydrogen) atoms.